The van der Waals surface area contributed by atoms with Crippen molar-refractivity contribution in [2.45, 2.75) is 32.7 Å². The number of rotatable bonds is 2. The summed E-state index contributed by atoms with van der Waals surface area (Å²) in [5.41, 5.74) is 0. The minimum absolute atomic E-state index is 0.0923. The number of aromatic nitrogens is 2. The van der Waals surface area contributed by atoms with Gasteiger partial charge in [0.05, 0.1) is 0 Å². The van der Waals surface area contributed by atoms with Crippen LogP contribution in [-0.4, -0.2) is 52.5 Å². The number of nitrogens with one attached hydrogen (secondary N) is 1. The van der Waals surface area contributed by atoms with Crippen LogP contribution >= 0.6 is 11.5 Å². The molecule has 1 aromatic rings. The van der Waals surface area contributed by atoms with Gasteiger partial charge in [-0.3, -0.25) is 0 Å². The Morgan fingerprint density at radius 3 is 2.80 bits per heavy atom. The maximum atomic E-state index is 12.2. The minimum Gasteiger partial charge on any atom is -0.345 e. The Morgan fingerprint density at radius 1 is 1.35 bits per heavy atom. The largest absolute Gasteiger partial charge is 0.345 e. The molecule has 1 N–H and O–H groups in total. The number of urea groups is 1. The van der Waals surface area contributed by atoms with Gasteiger partial charge >= 0.3 is 6.03 Å². The molecule has 1 saturated carbocycles. The number of hydrogen-bond donors (Lipinski definition) is 1. The molecule has 0 radical (unpaired) electrons. The summed E-state index contributed by atoms with van der Waals surface area (Å²) in [7, 11) is 0. The van der Waals surface area contributed by atoms with Crippen molar-refractivity contribution in [1.29, 1.82) is 0 Å². The van der Waals surface area contributed by atoms with Gasteiger partial charge in [-0.1, -0.05) is 6.92 Å². The molecular weight excluding hydrogens is 274 g/mol. The van der Waals surface area contributed by atoms with Crippen molar-refractivity contribution in [3.8, 4) is 0 Å². The van der Waals surface area contributed by atoms with Crippen LogP contribution in [0.1, 0.15) is 25.6 Å². The molecule has 0 bridgehead atoms. The molecule has 1 saturated heterocycles. The van der Waals surface area contributed by atoms with Gasteiger partial charge in [-0.05, 0) is 25.7 Å². The van der Waals surface area contributed by atoms with E-state index in [1.165, 1.54) is 11.5 Å². The topological polar surface area (TPSA) is 61.4 Å². The van der Waals surface area contributed by atoms with Crippen molar-refractivity contribution in [3.63, 3.8) is 0 Å². The number of aryl methyl sites for hydroxylation is 1. The fourth-order valence-electron chi connectivity index (χ4n) is 2.50. The first kappa shape index (κ1) is 13.6. The van der Waals surface area contributed by atoms with Crippen molar-refractivity contribution in [2.24, 2.45) is 5.92 Å². The molecule has 3 rings (SSSR count). The molecule has 7 heteroatoms. The lowest BCUT2D eigenvalue weighted by molar-refractivity contribution is 0.200. The number of carbonyl (C=O) groups is 1. The van der Waals surface area contributed by atoms with Crippen molar-refractivity contribution in [3.05, 3.63) is 5.82 Å². The summed E-state index contributed by atoms with van der Waals surface area (Å²) in [6.45, 7) is 7.44. The third-order valence-electron chi connectivity index (χ3n) is 3.99. The van der Waals surface area contributed by atoms with Crippen LogP contribution in [0.4, 0.5) is 9.93 Å². The Balaban J connectivity index is 1.55. The summed E-state index contributed by atoms with van der Waals surface area (Å²) in [6, 6.07) is 0.488. The molecule has 6 nitrogen and oxygen atoms in total. The third-order valence-corrected chi connectivity index (χ3v) is 4.86. The van der Waals surface area contributed by atoms with Gasteiger partial charge in [-0.25, -0.2) is 9.78 Å². The highest BCUT2D eigenvalue weighted by Gasteiger charge is 2.35. The zero-order valence-corrected chi connectivity index (χ0v) is 12.8. The van der Waals surface area contributed by atoms with Crippen LogP contribution in [0.3, 0.4) is 0 Å². The van der Waals surface area contributed by atoms with Crippen LogP contribution in [0.5, 0.6) is 0 Å². The zero-order valence-electron chi connectivity index (χ0n) is 12.0. The monoisotopic (exact) mass is 295 g/mol. The molecule has 2 fully saturated rings. The van der Waals surface area contributed by atoms with Crippen LogP contribution in [-0.2, 0) is 0 Å². The Morgan fingerprint density at radius 2 is 2.15 bits per heavy atom. The van der Waals surface area contributed by atoms with Crippen molar-refractivity contribution >= 4 is 22.7 Å². The second-order valence-electron chi connectivity index (χ2n) is 5.72. The van der Waals surface area contributed by atoms with Crippen molar-refractivity contribution in [2.75, 3.05) is 31.1 Å². The molecule has 2 atom stereocenters. The van der Waals surface area contributed by atoms with Gasteiger partial charge in [0.1, 0.15) is 5.82 Å². The van der Waals surface area contributed by atoms with Crippen LogP contribution < -0.4 is 10.2 Å². The molecule has 2 aliphatic rings. The summed E-state index contributed by atoms with van der Waals surface area (Å²) < 4.78 is 4.23. The maximum absolute atomic E-state index is 12.2. The molecule has 0 unspecified atom stereocenters. The average Bonchev–Trinajstić information content (AvgIpc) is 3.03. The number of hydrogen-bond acceptors (Lipinski definition) is 5. The van der Waals surface area contributed by atoms with Gasteiger partial charge in [0.15, 0.2) is 0 Å². The van der Waals surface area contributed by atoms with E-state index >= 15 is 0 Å². The lowest BCUT2D eigenvalue weighted by atomic mass is 10.4. The molecular formula is C13H21N5OS. The summed E-state index contributed by atoms with van der Waals surface area (Å²) >= 11 is 1.44. The van der Waals surface area contributed by atoms with Crippen molar-refractivity contribution in [1.82, 2.24) is 19.6 Å². The SMILES string of the molecule is Cc1nsc(N2CCCN(C(=O)N[C@H]3C[C@@H]3C)CC2)n1. The highest BCUT2D eigenvalue weighted by atomic mass is 32.1. The van der Waals surface area contributed by atoms with E-state index in [9.17, 15) is 4.79 Å². The molecule has 1 aliphatic carbocycles. The normalized spacial score (nSPS) is 26.3. The van der Waals surface area contributed by atoms with Gasteiger partial charge in [0.2, 0.25) is 5.13 Å². The van der Waals surface area contributed by atoms with E-state index < -0.39 is 0 Å². The lowest BCUT2D eigenvalue weighted by Crippen LogP contribution is -2.43. The summed E-state index contributed by atoms with van der Waals surface area (Å²) in [6.07, 6.45) is 2.10. The fraction of sp³-hybridized carbons (Fsp3) is 0.769. The first-order chi connectivity index (χ1) is 9.63. The third kappa shape index (κ3) is 3.03. The van der Waals surface area contributed by atoms with Crippen LogP contribution in [0.2, 0.25) is 0 Å². The quantitative estimate of drug-likeness (QED) is 0.897. The second kappa shape index (κ2) is 5.55. The van der Waals surface area contributed by atoms with Crippen LogP contribution in [0, 0.1) is 12.8 Å². The smallest absolute Gasteiger partial charge is 0.317 e. The first-order valence-electron chi connectivity index (χ1n) is 7.24. The molecule has 0 aromatic carbocycles. The van der Waals surface area contributed by atoms with E-state index in [1.54, 1.807) is 0 Å². The molecule has 110 valence electrons. The lowest BCUT2D eigenvalue weighted by Gasteiger charge is -2.21. The number of carbonyl (C=O) groups excluding carboxylic acids is 1. The van der Waals surface area contributed by atoms with E-state index in [2.05, 4.69) is 26.5 Å². The maximum Gasteiger partial charge on any atom is 0.317 e. The molecule has 0 spiro atoms. The van der Waals surface area contributed by atoms with Gasteiger partial charge in [0.25, 0.3) is 0 Å². The molecule has 2 heterocycles. The second-order valence-corrected chi connectivity index (χ2v) is 6.45. The van der Waals surface area contributed by atoms with Gasteiger partial charge < -0.3 is 15.1 Å². The Hall–Kier alpha value is -1.37. The number of anilines is 1. The number of nitrogens with zero attached hydrogens (tertiary/aromatic N) is 4. The highest BCUT2D eigenvalue weighted by Crippen LogP contribution is 2.29. The predicted octanol–water partition coefficient (Wildman–Crippen LogP) is 1.48. The van der Waals surface area contributed by atoms with Gasteiger partial charge in [-0.15, -0.1) is 0 Å². The Kier molecular flexibility index (Phi) is 3.78. The van der Waals surface area contributed by atoms with Crippen LogP contribution in [0.25, 0.3) is 0 Å². The average molecular weight is 295 g/mol. The van der Waals surface area contributed by atoms with E-state index in [4.69, 9.17) is 0 Å². The molecule has 20 heavy (non-hydrogen) atoms. The number of amides is 2. The summed E-state index contributed by atoms with van der Waals surface area (Å²) in [5.74, 6) is 1.47. The minimum atomic E-state index is 0.0923. The summed E-state index contributed by atoms with van der Waals surface area (Å²) in [5, 5.41) is 4.08. The Labute approximate surface area is 123 Å². The predicted molar refractivity (Wildman–Crippen MR) is 79.1 cm³/mol. The first-order valence-corrected chi connectivity index (χ1v) is 8.01. The zero-order chi connectivity index (χ0) is 14.1. The standard InChI is InChI=1S/C13H21N5OS/c1-9-8-11(9)15-12(19)17-4-3-5-18(7-6-17)13-14-10(2)16-20-13/h9,11H,3-8H2,1-2H3,(H,15,19)/t9-,11-/m0/s1. The van der Waals surface area contributed by atoms with E-state index in [1.807, 2.05) is 11.8 Å². The van der Waals surface area contributed by atoms with Crippen molar-refractivity contribution < 1.29 is 4.79 Å². The van der Waals surface area contributed by atoms with Crippen LogP contribution in [0.15, 0.2) is 0 Å². The molecule has 1 aromatic heterocycles. The van der Waals surface area contributed by atoms with E-state index in [-0.39, 0.29) is 6.03 Å². The van der Waals surface area contributed by atoms with E-state index in [0.717, 1.165) is 50.0 Å². The van der Waals surface area contributed by atoms with Gasteiger partial charge in [-0.2, -0.15) is 4.37 Å². The van der Waals surface area contributed by atoms with Gasteiger partial charge in [0, 0.05) is 43.8 Å². The van der Waals surface area contributed by atoms with E-state index in [0.29, 0.717) is 12.0 Å². The molecule has 2 amide bonds. The highest BCUT2D eigenvalue weighted by molar-refractivity contribution is 7.09. The Bertz CT molecular complexity index is 491. The fourth-order valence-corrected chi connectivity index (χ4v) is 3.23. The summed E-state index contributed by atoms with van der Waals surface area (Å²) in [4.78, 5) is 20.8. The molecule has 1 aliphatic heterocycles.